The lowest BCUT2D eigenvalue weighted by Crippen LogP contribution is -2.59. The minimum atomic E-state index is -4.39. The van der Waals surface area contributed by atoms with E-state index in [9.17, 15) is 41.6 Å². The van der Waals surface area contributed by atoms with E-state index in [-0.39, 0.29) is 50.5 Å². The number of benzene rings is 3. The second-order valence-corrected chi connectivity index (χ2v) is 26.7. The number of halogens is 3. The molecule has 1 unspecified atom stereocenters. The molecule has 0 spiro atoms. The predicted octanol–water partition coefficient (Wildman–Crippen LogP) is 6.17. The molecule has 0 bridgehead atoms. The van der Waals surface area contributed by atoms with Crippen molar-refractivity contribution in [3.63, 3.8) is 0 Å². The van der Waals surface area contributed by atoms with Crippen molar-refractivity contribution < 1.29 is 64.9 Å². The molecule has 7 heterocycles. The Labute approximate surface area is 517 Å². The molecule has 3 aromatic carbocycles. The molecule has 5 N–H and O–H groups in total. The molecule has 0 aliphatic carbocycles. The standard InChI is InChI=1S/C62H72F3N11O11S2/c1-37-57(88-36-69-37)41-7-5-38(6-8-41)27-68-60(82)50-26-45(87-53(80)35-86-34-52(78)79)32-76(50)61(83)58(62(2,3)4)70-51(77)33-73-23-21-72(22-24-73)30-39-15-18-74(19-16-39)44-11-9-40(10-12-44)42-25-46-47(29-67-59(46)66-28-42)56(81)54-48(64)13-14-49(55(54)65)71-89(84,85)75-20-17-43(63)31-75/h5-14,25,28-29,36,39,43,45,50,58,71H,15-24,26-27,30-35H2,1-4H3,(H,66,67)(H,68,82)(H,70,77)(H,78,79)/t43-,45-,50+,58?/m1/s1. The van der Waals surface area contributed by atoms with E-state index in [1.54, 1.807) is 17.8 Å². The van der Waals surface area contributed by atoms with Gasteiger partial charge in [0.2, 0.25) is 23.5 Å². The topological polar surface area (TPSA) is 269 Å². The molecule has 4 aliphatic heterocycles. The molecule has 22 nitrogen and oxygen atoms in total. The van der Waals surface area contributed by atoms with Crippen LogP contribution in [0.5, 0.6) is 0 Å². The lowest BCUT2D eigenvalue weighted by Gasteiger charge is -2.39. The predicted molar refractivity (Wildman–Crippen MR) is 327 cm³/mol. The molecule has 0 saturated carbocycles. The summed E-state index contributed by atoms with van der Waals surface area (Å²) in [5.74, 6) is -6.59. The summed E-state index contributed by atoms with van der Waals surface area (Å²) in [6.07, 6.45) is 2.55. The number of carbonyl (C=O) groups is 6. The largest absolute Gasteiger partial charge is 0.480 e. The second-order valence-electron chi connectivity index (χ2n) is 24.1. The van der Waals surface area contributed by atoms with Gasteiger partial charge in [0.1, 0.15) is 49.0 Å². The monoisotopic (exact) mass is 1270 g/mol. The number of esters is 1. The highest BCUT2D eigenvalue weighted by molar-refractivity contribution is 7.90. The first-order valence-corrected chi connectivity index (χ1v) is 31.9. The van der Waals surface area contributed by atoms with E-state index >= 15 is 8.78 Å². The van der Waals surface area contributed by atoms with Crippen LogP contribution in [0.25, 0.3) is 32.6 Å². The van der Waals surface area contributed by atoms with Gasteiger partial charge in [0.15, 0.2) is 5.82 Å². The number of hydrogen-bond acceptors (Lipinski definition) is 16. The summed E-state index contributed by atoms with van der Waals surface area (Å²) >= 11 is 1.53. The maximum absolute atomic E-state index is 15.9. The Morgan fingerprint density at radius 3 is 2.22 bits per heavy atom. The average molecular weight is 1270 g/mol. The number of ether oxygens (including phenoxy) is 2. The third-order valence-corrected chi connectivity index (χ3v) is 19.2. The number of aryl methyl sites for hydroxylation is 1. The summed E-state index contributed by atoms with van der Waals surface area (Å²) in [7, 11) is -4.39. The second kappa shape index (κ2) is 27.5. The quantitative estimate of drug-likeness (QED) is 0.0376. The summed E-state index contributed by atoms with van der Waals surface area (Å²) in [5.41, 5.74) is 4.82. The van der Waals surface area contributed by atoms with Crippen LogP contribution in [0.4, 0.5) is 24.5 Å². The molecular weight excluding hydrogens is 1200 g/mol. The van der Waals surface area contributed by atoms with Crippen molar-refractivity contribution in [2.75, 3.05) is 94.8 Å². The molecule has 474 valence electrons. The van der Waals surface area contributed by atoms with Crippen LogP contribution in [0, 0.1) is 29.9 Å². The normalized spacial score (nSPS) is 19.3. The van der Waals surface area contributed by atoms with Crippen LogP contribution in [0.15, 0.2) is 84.6 Å². The van der Waals surface area contributed by atoms with E-state index in [4.69, 9.17) is 14.6 Å². The molecule has 89 heavy (non-hydrogen) atoms. The minimum Gasteiger partial charge on any atom is -0.480 e. The number of pyridine rings is 1. The minimum absolute atomic E-state index is 0.0144. The highest BCUT2D eigenvalue weighted by Gasteiger charge is 2.46. The van der Waals surface area contributed by atoms with E-state index in [1.807, 2.05) is 80.9 Å². The van der Waals surface area contributed by atoms with E-state index in [0.29, 0.717) is 35.6 Å². The van der Waals surface area contributed by atoms with Crippen LogP contribution in [0.3, 0.4) is 0 Å². The number of nitrogens with one attached hydrogen (secondary N) is 4. The number of piperazine rings is 1. The Morgan fingerprint density at radius 2 is 1.56 bits per heavy atom. The Morgan fingerprint density at radius 1 is 0.854 bits per heavy atom. The summed E-state index contributed by atoms with van der Waals surface area (Å²) in [6, 6.07) is 16.9. The first-order chi connectivity index (χ1) is 42.5. The summed E-state index contributed by atoms with van der Waals surface area (Å²) < 4.78 is 84.0. The number of thiazole rings is 1. The molecule has 4 fully saturated rings. The number of likely N-dealkylation sites (tertiary alicyclic amines) is 1. The Balaban J connectivity index is 0.696. The van der Waals surface area contributed by atoms with E-state index < -0.39 is 112 Å². The zero-order valence-electron chi connectivity index (χ0n) is 49.8. The molecule has 4 aliphatic rings. The lowest BCUT2D eigenvalue weighted by atomic mass is 9.85. The van der Waals surface area contributed by atoms with Crippen molar-refractivity contribution >= 4 is 79.4 Å². The van der Waals surface area contributed by atoms with Crippen molar-refractivity contribution in [3.05, 3.63) is 119 Å². The highest BCUT2D eigenvalue weighted by Crippen LogP contribution is 2.34. The fourth-order valence-electron chi connectivity index (χ4n) is 11.9. The molecule has 3 aromatic heterocycles. The number of rotatable bonds is 22. The van der Waals surface area contributed by atoms with E-state index in [0.717, 1.165) is 95.0 Å². The maximum Gasteiger partial charge on any atom is 0.332 e. The van der Waals surface area contributed by atoms with Gasteiger partial charge in [-0.1, -0.05) is 57.2 Å². The van der Waals surface area contributed by atoms with Gasteiger partial charge in [-0.15, -0.1) is 11.3 Å². The molecule has 10 rings (SSSR count). The number of aliphatic carboxylic acids is 1. The van der Waals surface area contributed by atoms with Crippen molar-refractivity contribution in [1.29, 1.82) is 0 Å². The third kappa shape index (κ3) is 15.4. The number of alkyl halides is 1. The molecule has 0 radical (unpaired) electrons. The lowest BCUT2D eigenvalue weighted by molar-refractivity contribution is -0.157. The number of H-pyrrole nitrogens is 1. The molecule has 4 saturated heterocycles. The molecular formula is C62H72F3N11O11S2. The zero-order valence-corrected chi connectivity index (χ0v) is 51.4. The first kappa shape index (κ1) is 64.2. The Bertz CT molecular complexity index is 3700. The van der Waals surface area contributed by atoms with Gasteiger partial charge < -0.3 is 44.9 Å². The van der Waals surface area contributed by atoms with Crippen molar-refractivity contribution in [2.45, 2.75) is 84.3 Å². The third-order valence-electron chi connectivity index (χ3n) is 16.7. The van der Waals surface area contributed by atoms with Gasteiger partial charge in [0.25, 0.3) is 0 Å². The summed E-state index contributed by atoms with van der Waals surface area (Å²) in [5, 5.41) is 15.2. The van der Waals surface area contributed by atoms with Crippen molar-refractivity contribution in [1.82, 2.24) is 44.6 Å². The van der Waals surface area contributed by atoms with Gasteiger partial charge in [0, 0.05) is 106 Å². The molecule has 4 atom stereocenters. The number of hydrogen-bond donors (Lipinski definition) is 5. The number of carboxylic acid groups (broad SMARTS) is 1. The van der Waals surface area contributed by atoms with Crippen molar-refractivity contribution in [2.24, 2.45) is 11.3 Å². The number of amides is 3. The highest BCUT2D eigenvalue weighted by atomic mass is 32.2. The number of piperidine rings is 1. The number of ketones is 1. The van der Waals surface area contributed by atoms with Crippen LogP contribution in [-0.2, 0) is 50.2 Å². The average Bonchev–Trinajstić information content (AvgIpc) is 1.90. The fourth-order valence-corrected chi connectivity index (χ4v) is 13.9. The smallest absolute Gasteiger partial charge is 0.332 e. The maximum atomic E-state index is 15.9. The Hall–Kier alpha value is -7.82. The number of nitrogens with zero attached hydrogens (tertiary/aromatic N) is 7. The number of aromatic nitrogens is 3. The van der Waals surface area contributed by atoms with Gasteiger partial charge in [-0.05, 0) is 84.5 Å². The van der Waals surface area contributed by atoms with Gasteiger partial charge in [-0.2, -0.15) is 12.7 Å². The fraction of sp³-hybridized carbons (Fsp3) is 0.452. The van der Waals surface area contributed by atoms with Crippen molar-refractivity contribution in [3.8, 4) is 21.6 Å². The van der Waals surface area contributed by atoms with Crippen LogP contribution in [0.2, 0.25) is 0 Å². The summed E-state index contributed by atoms with van der Waals surface area (Å²) in [4.78, 5) is 101. The zero-order chi connectivity index (χ0) is 63.3. The number of fused-ring (bicyclic) bond motifs is 1. The summed E-state index contributed by atoms with van der Waals surface area (Å²) in [6.45, 7) is 11.0. The van der Waals surface area contributed by atoms with Crippen LogP contribution >= 0.6 is 11.3 Å². The molecule has 6 aromatic rings. The van der Waals surface area contributed by atoms with Crippen LogP contribution in [0.1, 0.15) is 73.6 Å². The van der Waals surface area contributed by atoms with E-state index in [1.165, 1.54) is 22.4 Å². The first-order valence-electron chi connectivity index (χ1n) is 29.6. The van der Waals surface area contributed by atoms with E-state index in [2.05, 4.69) is 40.3 Å². The van der Waals surface area contributed by atoms with Gasteiger partial charge in [-0.3, -0.25) is 28.8 Å². The van der Waals surface area contributed by atoms with Gasteiger partial charge in [-0.25, -0.2) is 32.7 Å². The Kier molecular flexibility index (Phi) is 19.8. The number of carbonyl (C=O) groups excluding carboxylic acids is 5. The molecule has 3 amide bonds. The van der Waals surface area contributed by atoms with Gasteiger partial charge >= 0.3 is 22.1 Å². The number of carboxylic acids is 1. The van der Waals surface area contributed by atoms with Gasteiger partial charge in [0.05, 0.1) is 40.4 Å². The van der Waals surface area contributed by atoms with Crippen LogP contribution in [-0.4, -0.2) is 192 Å². The molecule has 27 heteroatoms. The number of anilines is 2. The number of aromatic amines is 1. The van der Waals surface area contributed by atoms with Crippen LogP contribution < -0.4 is 20.3 Å². The SMILES string of the molecule is Cc1ncsc1-c1ccc(CNC(=O)[C@@H]2C[C@@H](OC(=O)COCC(=O)O)CN2C(=O)C(NC(=O)CN2CCN(CC3CCN(c4ccc(-c5cnc6[nH]cc(C(=O)c7c(F)ccc(NS(=O)(=O)N8CC[C@@H](F)C8)c7F)c6c5)cc4)CC3)CC2)C(C)(C)C)cc1.